The van der Waals surface area contributed by atoms with Crippen molar-refractivity contribution in [2.45, 2.75) is 50.7 Å². The zero-order valence-corrected chi connectivity index (χ0v) is 18.0. The van der Waals surface area contributed by atoms with Crippen LogP contribution >= 0.6 is 0 Å². The summed E-state index contributed by atoms with van der Waals surface area (Å²) in [6, 6.07) is 16.7. The summed E-state index contributed by atoms with van der Waals surface area (Å²) in [6.45, 7) is 2.24. The highest BCUT2D eigenvalue weighted by Crippen LogP contribution is 2.60. The van der Waals surface area contributed by atoms with Crippen LogP contribution in [0.4, 0.5) is 0 Å². The molecule has 2 aliphatic carbocycles. The maximum Gasteiger partial charge on any atom is 0.189 e. The third kappa shape index (κ3) is 3.26. The molecule has 0 aromatic heterocycles. The lowest BCUT2D eigenvalue weighted by atomic mass is 9.62. The molecule has 0 amide bonds. The van der Waals surface area contributed by atoms with Gasteiger partial charge in [0.25, 0.3) is 0 Å². The van der Waals surface area contributed by atoms with Gasteiger partial charge in [0, 0.05) is 19.6 Å². The van der Waals surface area contributed by atoms with Crippen LogP contribution in [0.5, 0.6) is 0 Å². The summed E-state index contributed by atoms with van der Waals surface area (Å²) in [7, 11) is 3.63. The van der Waals surface area contributed by atoms with E-state index in [4.69, 9.17) is 15.5 Å². The Hall–Kier alpha value is -2.84. The standard InChI is InChI=1S/C25H30N4O/c1-24(29-23(27)28-2)22-14-19(18-6-4-5-17(13-18)16-26)7-8-20(22)15-25(24)11-9-21(30-3)10-12-25/h4-8,13-14,21H,9-12,15H2,1-3H3,(H3,27,28,29). The van der Waals surface area contributed by atoms with Gasteiger partial charge in [-0.3, -0.25) is 0 Å². The Morgan fingerprint density at radius 1 is 1.20 bits per heavy atom. The SMILES string of the molecule is CN/C(N)=N\C1(C)c2cc(-c3cccc(C#N)c3)ccc2CC12CCC(OC)CC2. The van der Waals surface area contributed by atoms with Crippen molar-refractivity contribution < 1.29 is 4.74 Å². The number of rotatable bonds is 3. The summed E-state index contributed by atoms with van der Waals surface area (Å²) in [5.74, 6) is 0.468. The molecule has 5 heteroatoms. The molecule has 1 atom stereocenters. The van der Waals surface area contributed by atoms with E-state index < -0.39 is 5.54 Å². The van der Waals surface area contributed by atoms with Crippen LogP contribution in [0.1, 0.15) is 49.3 Å². The molecule has 5 nitrogen and oxygen atoms in total. The second-order valence-electron chi connectivity index (χ2n) is 8.78. The monoisotopic (exact) mass is 402 g/mol. The van der Waals surface area contributed by atoms with Crippen LogP contribution in [0.15, 0.2) is 47.5 Å². The average molecular weight is 403 g/mol. The Labute approximate surface area is 179 Å². The number of nitrogens with zero attached hydrogens (tertiary/aromatic N) is 2. The summed E-state index contributed by atoms with van der Waals surface area (Å²) >= 11 is 0. The van der Waals surface area contributed by atoms with Gasteiger partial charge in [0.15, 0.2) is 5.96 Å². The van der Waals surface area contributed by atoms with Crippen molar-refractivity contribution in [1.29, 1.82) is 5.26 Å². The Morgan fingerprint density at radius 2 is 1.93 bits per heavy atom. The molecule has 3 N–H and O–H groups in total. The maximum atomic E-state index is 9.28. The highest BCUT2D eigenvalue weighted by molar-refractivity contribution is 5.78. The first-order valence-electron chi connectivity index (χ1n) is 10.6. The first-order chi connectivity index (χ1) is 14.4. The van der Waals surface area contributed by atoms with Crippen molar-refractivity contribution in [3.8, 4) is 17.2 Å². The fourth-order valence-corrected chi connectivity index (χ4v) is 5.47. The van der Waals surface area contributed by atoms with E-state index in [-0.39, 0.29) is 5.41 Å². The molecule has 2 aliphatic rings. The molecule has 1 unspecified atom stereocenters. The molecule has 1 spiro atoms. The van der Waals surface area contributed by atoms with Gasteiger partial charge >= 0.3 is 0 Å². The molecule has 4 rings (SSSR count). The van der Waals surface area contributed by atoms with E-state index in [1.165, 1.54) is 11.1 Å². The van der Waals surface area contributed by atoms with Crippen molar-refractivity contribution in [3.05, 3.63) is 59.2 Å². The van der Waals surface area contributed by atoms with Gasteiger partial charge in [-0.2, -0.15) is 5.26 Å². The molecular formula is C25H30N4O. The van der Waals surface area contributed by atoms with Crippen molar-refractivity contribution in [2.75, 3.05) is 14.2 Å². The van der Waals surface area contributed by atoms with Crippen LogP contribution in [0.3, 0.4) is 0 Å². The molecule has 0 bridgehead atoms. The number of nitrogens with two attached hydrogens (primary N) is 1. The minimum atomic E-state index is -0.406. The molecule has 30 heavy (non-hydrogen) atoms. The summed E-state index contributed by atoms with van der Waals surface area (Å²) in [4.78, 5) is 5.05. The van der Waals surface area contributed by atoms with Gasteiger partial charge in [-0.15, -0.1) is 0 Å². The number of ether oxygens (including phenoxy) is 1. The van der Waals surface area contributed by atoms with Crippen LogP contribution in [-0.4, -0.2) is 26.2 Å². The molecule has 0 aliphatic heterocycles. The molecule has 1 fully saturated rings. The van der Waals surface area contributed by atoms with Gasteiger partial charge in [0.1, 0.15) is 0 Å². The first kappa shape index (κ1) is 20.4. The van der Waals surface area contributed by atoms with E-state index in [0.717, 1.165) is 43.2 Å². The van der Waals surface area contributed by atoms with E-state index in [0.29, 0.717) is 17.6 Å². The fraction of sp³-hybridized carbons (Fsp3) is 0.440. The smallest absolute Gasteiger partial charge is 0.189 e. The molecule has 0 saturated heterocycles. The number of methoxy groups -OCH3 is 1. The van der Waals surface area contributed by atoms with Crippen molar-refractivity contribution in [3.63, 3.8) is 0 Å². The number of nitrogens with one attached hydrogen (secondary N) is 1. The van der Waals surface area contributed by atoms with Gasteiger partial charge < -0.3 is 15.8 Å². The maximum absolute atomic E-state index is 9.28. The van der Waals surface area contributed by atoms with Gasteiger partial charge in [-0.25, -0.2) is 4.99 Å². The van der Waals surface area contributed by atoms with Crippen LogP contribution < -0.4 is 11.1 Å². The quantitative estimate of drug-likeness (QED) is 0.598. The number of aliphatic imine (C=N–C) groups is 1. The molecule has 156 valence electrons. The van der Waals surface area contributed by atoms with Gasteiger partial charge in [0.05, 0.1) is 23.3 Å². The second kappa shape index (κ2) is 7.77. The molecule has 0 radical (unpaired) electrons. The van der Waals surface area contributed by atoms with E-state index in [1.807, 2.05) is 32.4 Å². The number of guanidine groups is 1. The number of benzene rings is 2. The zero-order chi connectivity index (χ0) is 21.4. The largest absolute Gasteiger partial charge is 0.381 e. The fourth-order valence-electron chi connectivity index (χ4n) is 5.47. The Morgan fingerprint density at radius 3 is 2.60 bits per heavy atom. The number of hydrogen-bond donors (Lipinski definition) is 2. The molecule has 0 heterocycles. The van der Waals surface area contributed by atoms with E-state index >= 15 is 0 Å². The third-order valence-electron chi connectivity index (χ3n) is 7.34. The van der Waals surface area contributed by atoms with Crippen molar-refractivity contribution in [2.24, 2.45) is 16.1 Å². The van der Waals surface area contributed by atoms with Crippen molar-refractivity contribution in [1.82, 2.24) is 5.32 Å². The minimum absolute atomic E-state index is 0.0406. The number of hydrogen-bond acceptors (Lipinski definition) is 3. The third-order valence-corrected chi connectivity index (χ3v) is 7.34. The number of nitriles is 1. The van der Waals surface area contributed by atoms with E-state index in [2.05, 4.69) is 42.6 Å². The summed E-state index contributed by atoms with van der Waals surface area (Å²) in [5.41, 5.74) is 11.3. The van der Waals surface area contributed by atoms with E-state index in [1.54, 1.807) is 0 Å². The summed E-state index contributed by atoms with van der Waals surface area (Å²) in [6.07, 6.45) is 5.57. The van der Waals surface area contributed by atoms with E-state index in [9.17, 15) is 5.26 Å². The molecular weight excluding hydrogens is 372 g/mol. The minimum Gasteiger partial charge on any atom is -0.381 e. The predicted octanol–water partition coefficient (Wildman–Crippen LogP) is 4.11. The Kier molecular flexibility index (Phi) is 5.29. The normalized spacial score (nSPS) is 28.2. The van der Waals surface area contributed by atoms with Crippen LogP contribution in [-0.2, 0) is 16.7 Å². The lowest BCUT2D eigenvalue weighted by Crippen LogP contribution is -2.45. The molecule has 2 aromatic carbocycles. The van der Waals surface area contributed by atoms with Crippen LogP contribution in [0.2, 0.25) is 0 Å². The Balaban J connectivity index is 1.81. The second-order valence-corrected chi connectivity index (χ2v) is 8.78. The highest BCUT2D eigenvalue weighted by Gasteiger charge is 2.56. The highest BCUT2D eigenvalue weighted by atomic mass is 16.5. The van der Waals surface area contributed by atoms with Gasteiger partial charge in [0.2, 0.25) is 0 Å². The topological polar surface area (TPSA) is 83.4 Å². The summed E-state index contributed by atoms with van der Waals surface area (Å²) in [5, 5.41) is 12.3. The molecule has 1 saturated carbocycles. The molecule has 2 aromatic rings. The zero-order valence-electron chi connectivity index (χ0n) is 18.0. The summed E-state index contributed by atoms with van der Waals surface area (Å²) < 4.78 is 5.64. The predicted molar refractivity (Wildman–Crippen MR) is 120 cm³/mol. The van der Waals surface area contributed by atoms with Crippen LogP contribution in [0, 0.1) is 16.7 Å². The van der Waals surface area contributed by atoms with Crippen LogP contribution in [0.25, 0.3) is 11.1 Å². The number of fused-ring (bicyclic) bond motifs is 1. The first-order valence-corrected chi connectivity index (χ1v) is 10.6. The van der Waals surface area contributed by atoms with Crippen molar-refractivity contribution >= 4 is 5.96 Å². The lowest BCUT2D eigenvalue weighted by Gasteiger charge is -2.46. The Bertz CT molecular complexity index is 1010. The van der Waals surface area contributed by atoms with Gasteiger partial charge in [-0.1, -0.05) is 24.3 Å². The lowest BCUT2D eigenvalue weighted by molar-refractivity contribution is 0.00119. The van der Waals surface area contributed by atoms with Gasteiger partial charge in [-0.05, 0) is 79.5 Å². The average Bonchev–Trinajstić information content (AvgIpc) is 3.01.